The maximum Gasteiger partial charge on any atom is 0.240 e. The minimum Gasteiger partial charge on any atom is -0.384 e. The minimum atomic E-state index is -3.47. The fourth-order valence-electron chi connectivity index (χ4n) is 0.989. The van der Waals surface area contributed by atoms with Crippen molar-refractivity contribution in [3.05, 3.63) is 18.3 Å². The summed E-state index contributed by atoms with van der Waals surface area (Å²) in [6.07, 6.45) is 3.31. The van der Waals surface area contributed by atoms with Crippen LogP contribution in [0.3, 0.4) is 0 Å². The third-order valence-corrected chi connectivity index (χ3v) is 4.42. The van der Waals surface area contributed by atoms with Crippen LogP contribution in [0, 0.1) is 0 Å². The Balaban J connectivity index is 2.78. The molecule has 0 saturated heterocycles. The quantitative estimate of drug-likeness (QED) is 0.814. The Bertz CT molecular complexity index is 448. The van der Waals surface area contributed by atoms with Crippen molar-refractivity contribution in [3.8, 4) is 0 Å². The molecule has 0 saturated carbocycles. The lowest BCUT2D eigenvalue weighted by Gasteiger charge is -2.10. The lowest BCUT2D eigenvalue weighted by Crippen LogP contribution is -2.29. The maximum absolute atomic E-state index is 11.8. The molecule has 3 N–H and O–H groups in total. The van der Waals surface area contributed by atoms with Gasteiger partial charge in [-0.15, -0.1) is 0 Å². The van der Waals surface area contributed by atoms with Gasteiger partial charge in [0.05, 0.1) is 4.90 Å². The molecule has 1 rings (SSSR count). The van der Waals surface area contributed by atoms with Gasteiger partial charge in [0, 0.05) is 24.1 Å². The number of sulfonamides is 1. The van der Waals surface area contributed by atoms with Crippen LogP contribution >= 0.6 is 11.8 Å². The highest BCUT2D eigenvalue weighted by Crippen LogP contribution is 2.11. The highest BCUT2D eigenvalue weighted by atomic mass is 32.2. The first-order valence-corrected chi connectivity index (χ1v) is 7.47. The standard InChI is InChI=1S/C9H15N3O2S2/c1-7(15-2)6-12-16(13,14)8-3-4-11-9(10)5-8/h3-5,7,12H,6H2,1-2H3,(H2,10,11). The van der Waals surface area contributed by atoms with Crippen molar-refractivity contribution in [2.24, 2.45) is 0 Å². The van der Waals surface area contributed by atoms with Crippen molar-refractivity contribution in [1.82, 2.24) is 9.71 Å². The molecule has 5 nitrogen and oxygen atoms in total. The monoisotopic (exact) mass is 261 g/mol. The van der Waals surface area contributed by atoms with Gasteiger partial charge >= 0.3 is 0 Å². The van der Waals surface area contributed by atoms with Crippen molar-refractivity contribution >= 4 is 27.6 Å². The van der Waals surface area contributed by atoms with E-state index in [2.05, 4.69) is 9.71 Å². The summed E-state index contributed by atoms with van der Waals surface area (Å²) in [4.78, 5) is 3.89. The number of nitrogens with one attached hydrogen (secondary N) is 1. The number of pyridine rings is 1. The lowest BCUT2D eigenvalue weighted by atomic mass is 10.5. The molecule has 0 aliphatic rings. The molecule has 0 aliphatic heterocycles. The Morgan fingerprint density at radius 2 is 2.31 bits per heavy atom. The van der Waals surface area contributed by atoms with Crippen LogP contribution in [0.1, 0.15) is 6.92 Å². The normalized spacial score (nSPS) is 13.6. The third kappa shape index (κ3) is 3.66. The summed E-state index contributed by atoms with van der Waals surface area (Å²) < 4.78 is 26.1. The third-order valence-electron chi connectivity index (χ3n) is 2.03. The Hall–Kier alpha value is -0.790. The van der Waals surface area contributed by atoms with E-state index in [1.807, 2.05) is 13.2 Å². The average Bonchev–Trinajstić information content (AvgIpc) is 2.26. The number of nitrogen functional groups attached to an aromatic ring is 1. The van der Waals surface area contributed by atoms with Crippen LogP contribution in [0.2, 0.25) is 0 Å². The molecular weight excluding hydrogens is 246 g/mol. The zero-order chi connectivity index (χ0) is 12.2. The van der Waals surface area contributed by atoms with Gasteiger partial charge in [-0.3, -0.25) is 0 Å². The van der Waals surface area contributed by atoms with Crippen molar-refractivity contribution in [1.29, 1.82) is 0 Å². The molecule has 0 spiro atoms. The molecule has 1 heterocycles. The van der Waals surface area contributed by atoms with Crippen LogP contribution in [0.15, 0.2) is 23.2 Å². The van der Waals surface area contributed by atoms with Gasteiger partial charge in [0.25, 0.3) is 0 Å². The van der Waals surface area contributed by atoms with E-state index >= 15 is 0 Å². The molecule has 0 bridgehead atoms. The summed E-state index contributed by atoms with van der Waals surface area (Å²) in [6.45, 7) is 2.35. The van der Waals surface area contributed by atoms with Gasteiger partial charge < -0.3 is 5.73 Å². The fourth-order valence-corrected chi connectivity index (χ4v) is 2.50. The predicted octanol–water partition coefficient (Wildman–Crippen LogP) is 0.694. The summed E-state index contributed by atoms with van der Waals surface area (Å²) in [5.41, 5.74) is 5.43. The van der Waals surface area contributed by atoms with Crippen molar-refractivity contribution in [3.63, 3.8) is 0 Å². The number of nitrogens with zero attached hydrogens (tertiary/aromatic N) is 1. The highest BCUT2D eigenvalue weighted by Gasteiger charge is 2.15. The zero-order valence-corrected chi connectivity index (χ0v) is 10.8. The van der Waals surface area contributed by atoms with E-state index in [-0.39, 0.29) is 16.0 Å². The van der Waals surface area contributed by atoms with Crippen LogP contribution in [0.5, 0.6) is 0 Å². The van der Waals surface area contributed by atoms with Crippen LogP contribution in [0.25, 0.3) is 0 Å². The van der Waals surface area contributed by atoms with Crippen molar-refractivity contribution in [2.45, 2.75) is 17.1 Å². The smallest absolute Gasteiger partial charge is 0.240 e. The molecule has 1 atom stereocenters. The van der Waals surface area contributed by atoms with Gasteiger partial charge in [0.15, 0.2) is 0 Å². The summed E-state index contributed by atoms with van der Waals surface area (Å²) in [5.74, 6) is 0.195. The highest BCUT2D eigenvalue weighted by molar-refractivity contribution is 7.99. The van der Waals surface area contributed by atoms with E-state index in [9.17, 15) is 8.42 Å². The molecule has 1 aromatic heterocycles. The Morgan fingerprint density at radius 3 is 2.88 bits per heavy atom. The summed E-state index contributed by atoms with van der Waals surface area (Å²) in [6, 6.07) is 2.76. The van der Waals surface area contributed by atoms with Gasteiger partial charge in [-0.25, -0.2) is 18.1 Å². The lowest BCUT2D eigenvalue weighted by molar-refractivity contribution is 0.581. The van der Waals surface area contributed by atoms with Crippen LogP contribution < -0.4 is 10.5 Å². The Kier molecular flexibility index (Phi) is 4.57. The number of rotatable bonds is 5. The molecule has 16 heavy (non-hydrogen) atoms. The van der Waals surface area contributed by atoms with Crippen molar-refractivity contribution in [2.75, 3.05) is 18.5 Å². The number of hydrogen-bond donors (Lipinski definition) is 2. The fraction of sp³-hybridized carbons (Fsp3) is 0.444. The molecular formula is C9H15N3O2S2. The molecule has 0 amide bonds. The molecule has 0 radical (unpaired) electrons. The van der Waals surface area contributed by atoms with E-state index < -0.39 is 10.0 Å². The zero-order valence-electron chi connectivity index (χ0n) is 9.17. The molecule has 0 aliphatic carbocycles. The Labute approximate surface area is 99.9 Å². The SMILES string of the molecule is CSC(C)CNS(=O)(=O)c1ccnc(N)c1. The predicted molar refractivity (Wildman–Crippen MR) is 66.8 cm³/mol. The first kappa shape index (κ1) is 13.3. The van der Waals surface area contributed by atoms with Crippen LogP contribution in [0.4, 0.5) is 5.82 Å². The molecule has 0 aromatic carbocycles. The van der Waals surface area contributed by atoms with Gasteiger partial charge in [0.2, 0.25) is 10.0 Å². The number of thioether (sulfide) groups is 1. The second-order valence-corrected chi connectivity index (χ2v) is 6.36. The second-order valence-electron chi connectivity index (χ2n) is 3.31. The van der Waals surface area contributed by atoms with Gasteiger partial charge in [0.1, 0.15) is 5.82 Å². The molecule has 1 aromatic rings. The topological polar surface area (TPSA) is 85.1 Å². The molecule has 0 fully saturated rings. The van der Waals surface area contributed by atoms with E-state index in [4.69, 9.17) is 5.73 Å². The maximum atomic E-state index is 11.8. The number of hydrogen-bond acceptors (Lipinski definition) is 5. The van der Waals surface area contributed by atoms with Crippen molar-refractivity contribution < 1.29 is 8.42 Å². The van der Waals surface area contributed by atoms with Gasteiger partial charge in [-0.1, -0.05) is 6.92 Å². The first-order valence-electron chi connectivity index (χ1n) is 4.69. The van der Waals surface area contributed by atoms with Gasteiger partial charge in [-0.2, -0.15) is 11.8 Å². The Morgan fingerprint density at radius 1 is 1.62 bits per heavy atom. The van der Waals surface area contributed by atoms with Gasteiger partial charge in [-0.05, 0) is 12.3 Å². The van der Waals surface area contributed by atoms with Crippen LogP contribution in [-0.2, 0) is 10.0 Å². The van der Waals surface area contributed by atoms with E-state index in [1.54, 1.807) is 11.8 Å². The number of anilines is 1. The summed E-state index contributed by atoms with van der Waals surface area (Å²) >= 11 is 1.60. The van der Waals surface area contributed by atoms with Crippen LogP contribution in [-0.4, -0.2) is 31.5 Å². The molecule has 90 valence electrons. The average molecular weight is 261 g/mol. The number of aromatic nitrogens is 1. The first-order chi connectivity index (χ1) is 7.45. The van der Waals surface area contributed by atoms with E-state index in [0.717, 1.165) is 0 Å². The summed E-state index contributed by atoms with van der Waals surface area (Å²) in [7, 11) is -3.47. The number of nitrogens with two attached hydrogens (primary N) is 1. The molecule has 1 unspecified atom stereocenters. The largest absolute Gasteiger partial charge is 0.384 e. The summed E-state index contributed by atoms with van der Waals surface area (Å²) in [5, 5.41) is 0.231. The van der Waals surface area contributed by atoms with E-state index in [1.165, 1.54) is 18.3 Å². The second kappa shape index (κ2) is 5.51. The molecule has 7 heteroatoms. The minimum absolute atomic E-state index is 0.147. The van der Waals surface area contributed by atoms with E-state index in [0.29, 0.717) is 6.54 Å².